The van der Waals surface area contributed by atoms with Crippen LogP contribution in [-0.2, 0) is 6.42 Å². The van der Waals surface area contributed by atoms with Crippen molar-refractivity contribution < 1.29 is 0 Å². The summed E-state index contributed by atoms with van der Waals surface area (Å²) < 4.78 is 0. The van der Waals surface area contributed by atoms with Crippen LogP contribution in [0.5, 0.6) is 0 Å². The molecule has 0 aliphatic carbocycles. The van der Waals surface area contributed by atoms with Crippen molar-refractivity contribution in [3.63, 3.8) is 0 Å². The van der Waals surface area contributed by atoms with Crippen LogP contribution in [0.2, 0.25) is 10.0 Å². The maximum Gasteiger partial charge on any atom is 0.0595 e. The van der Waals surface area contributed by atoms with E-state index in [1.807, 2.05) is 25.2 Å². The van der Waals surface area contributed by atoms with Crippen molar-refractivity contribution >= 4 is 34.5 Å². The van der Waals surface area contributed by atoms with Gasteiger partial charge >= 0.3 is 0 Å². The molecule has 1 nitrogen and oxygen atoms in total. The van der Waals surface area contributed by atoms with Crippen LogP contribution in [0.4, 0.5) is 0 Å². The molecular weight excluding hydrogens is 273 g/mol. The van der Waals surface area contributed by atoms with E-state index < -0.39 is 0 Å². The topological polar surface area (TPSA) is 12.0 Å². The predicted molar refractivity (Wildman–Crippen MR) is 76.3 cm³/mol. The van der Waals surface area contributed by atoms with E-state index in [4.69, 9.17) is 23.2 Å². The molecule has 1 N–H and O–H groups in total. The molecule has 0 aliphatic rings. The van der Waals surface area contributed by atoms with Gasteiger partial charge in [0.1, 0.15) is 0 Å². The molecule has 1 aromatic heterocycles. The molecule has 4 heteroatoms. The van der Waals surface area contributed by atoms with Crippen molar-refractivity contribution in [2.45, 2.75) is 12.5 Å². The van der Waals surface area contributed by atoms with E-state index in [0.717, 1.165) is 12.0 Å². The minimum absolute atomic E-state index is 0.267. The summed E-state index contributed by atoms with van der Waals surface area (Å²) in [7, 11) is 1.96. The van der Waals surface area contributed by atoms with Gasteiger partial charge in [-0.1, -0.05) is 35.3 Å². The fourth-order valence-corrected chi connectivity index (χ4v) is 2.80. The average Bonchev–Trinajstić information content (AvgIpc) is 2.82. The van der Waals surface area contributed by atoms with Gasteiger partial charge in [0.2, 0.25) is 0 Å². The van der Waals surface area contributed by atoms with Crippen LogP contribution in [0.3, 0.4) is 0 Å². The Balaban J connectivity index is 2.20. The second-order valence-electron chi connectivity index (χ2n) is 3.80. The zero-order valence-corrected chi connectivity index (χ0v) is 11.7. The molecule has 0 radical (unpaired) electrons. The second kappa shape index (κ2) is 5.87. The monoisotopic (exact) mass is 285 g/mol. The summed E-state index contributed by atoms with van der Waals surface area (Å²) >= 11 is 13.7. The molecule has 1 atom stereocenters. The van der Waals surface area contributed by atoms with Crippen molar-refractivity contribution in [2.75, 3.05) is 7.05 Å². The van der Waals surface area contributed by atoms with E-state index in [2.05, 4.69) is 22.8 Å². The highest BCUT2D eigenvalue weighted by molar-refractivity contribution is 7.09. The molecule has 0 bridgehead atoms. The third-order valence-electron chi connectivity index (χ3n) is 2.68. The Kier molecular flexibility index (Phi) is 4.46. The molecule has 0 aliphatic heterocycles. The summed E-state index contributed by atoms with van der Waals surface area (Å²) in [5.41, 5.74) is 1.16. The quantitative estimate of drug-likeness (QED) is 0.869. The van der Waals surface area contributed by atoms with Gasteiger partial charge in [0, 0.05) is 17.3 Å². The fourth-order valence-electron chi connectivity index (χ4n) is 1.75. The molecule has 1 aromatic carbocycles. The van der Waals surface area contributed by atoms with Crippen molar-refractivity contribution in [3.05, 3.63) is 56.2 Å². The first-order valence-electron chi connectivity index (χ1n) is 5.35. The maximum atomic E-state index is 6.04. The smallest absolute Gasteiger partial charge is 0.0595 e. The number of hydrogen-bond donors (Lipinski definition) is 1. The van der Waals surface area contributed by atoms with Crippen molar-refractivity contribution in [2.24, 2.45) is 0 Å². The lowest BCUT2D eigenvalue weighted by Crippen LogP contribution is -2.18. The minimum atomic E-state index is 0.267. The Hall–Kier alpha value is -0.540. The molecule has 0 amide bonds. The van der Waals surface area contributed by atoms with E-state index in [1.54, 1.807) is 11.3 Å². The third-order valence-corrected chi connectivity index (χ3v) is 4.32. The average molecular weight is 286 g/mol. The summed E-state index contributed by atoms with van der Waals surface area (Å²) in [6.45, 7) is 0. The van der Waals surface area contributed by atoms with Crippen LogP contribution in [0.25, 0.3) is 0 Å². The lowest BCUT2D eigenvalue weighted by atomic mass is 10.0. The molecule has 0 fully saturated rings. The van der Waals surface area contributed by atoms with E-state index >= 15 is 0 Å². The number of halogens is 2. The molecule has 1 unspecified atom stereocenters. The van der Waals surface area contributed by atoms with Gasteiger partial charge in [0.05, 0.1) is 10.0 Å². The van der Waals surface area contributed by atoms with Crippen molar-refractivity contribution in [1.29, 1.82) is 0 Å². The van der Waals surface area contributed by atoms with Gasteiger partial charge in [0.15, 0.2) is 0 Å². The van der Waals surface area contributed by atoms with Crippen molar-refractivity contribution in [1.82, 2.24) is 5.32 Å². The highest BCUT2D eigenvalue weighted by Crippen LogP contribution is 2.27. The van der Waals surface area contributed by atoms with E-state index in [-0.39, 0.29) is 6.04 Å². The van der Waals surface area contributed by atoms with Crippen LogP contribution in [0, 0.1) is 0 Å². The molecular formula is C13H13Cl2NS. The second-order valence-corrected chi connectivity index (χ2v) is 5.64. The first-order chi connectivity index (χ1) is 8.20. The first-order valence-corrected chi connectivity index (χ1v) is 6.99. The Morgan fingerprint density at radius 1 is 1.24 bits per heavy atom. The van der Waals surface area contributed by atoms with Crippen LogP contribution < -0.4 is 5.32 Å². The molecule has 0 spiro atoms. The SMILES string of the molecule is CNC(Cc1cccs1)c1ccc(Cl)c(Cl)c1. The number of likely N-dealkylation sites (N-methyl/N-ethyl adjacent to an activating group) is 1. The van der Waals surface area contributed by atoms with E-state index in [0.29, 0.717) is 10.0 Å². The predicted octanol–water partition coefficient (Wildman–Crippen LogP) is 4.56. The van der Waals surface area contributed by atoms with E-state index in [1.165, 1.54) is 4.88 Å². The fraction of sp³-hybridized carbons (Fsp3) is 0.231. The molecule has 0 saturated heterocycles. The Morgan fingerprint density at radius 2 is 2.06 bits per heavy atom. The molecule has 2 aromatic rings. The zero-order valence-electron chi connectivity index (χ0n) is 9.41. The minimum Gasteiger partial charge on any atom is -0.313 e. The largest absolute Gasteiger partial charge is 0.313 e. The van der Waals surface area contributed by atoms with Gasteiger partial charge in [-0.3, -0.25) is 0 Å². The highest BCUT2D eigenvalue weighted by Gasteiger charge is 2.12. The number of nitrogens with one attached hydrogen (secondary N) is 1. The van der Waals surface area contributed by atoms with Crippen LogP contribution in [0.1, 0.15) is 16.5 Å². The number of rotatable bonds is 4. The zero-order chi connectivity index (χ0) is 12.3. The maximum absolute atomic E-state index is 6.04. The lowest BCUT2D eigenvalue weighted by Gasteiger charge is -2.16. The van der Waals surface area contributed by atoms with Gasteiger partial charge in [-0.05, 0) is 36.2 Å². The lowest BCUT2D eigenvalue weighted by molar-refractivity contribution is 0.596. The van der Waals surface area contributed by atoms with Gasteiger partial charge in [-0.25, -0.2) is 0 Å². The van der Waals surface area contributed by atoms with Gasteiger partial charge in [0.25, 0.3) is 0 Å². The Labute approximate surface area is 115 Å². The normalized spacial score (nSPS) is 12.6. The van der Waals surface area contributed by atoms with Crippen LogP contribution >= 0.6 is 34.5 Å². The number of thiophene rings is 1. The summed E-state index contributed by atoms with van der Waals surface area (Å²) in [5, 5.41) is 6.61. The summed E-state index contributed by atoms with van der Waals surface area (Å²) in [4.78, 5) is 1.36. The molecule has 2 rings (SSSR count). The Bertz CT molecular complexity index is 482. The summed E-state index contributed by atoms with van der Waals surface area (Å²) in [6.07, 6.45) is 0.964. The van der Waals surface area contributed by atoms with Crippen LogP contribution in [-0.4, -0.2) is 7.05 Å². The summed E-state index contributed by atoms with van der Waals surface area (Å²) in [6, 6.07) is 10.3. The molecule has 1 heterocycles. The number of benzene rings is 1. The summed E-state index contributed by atoms with van der Waals surface area (Å²) in [5.74, 6) is 0. The van der Waals surface area contributed by atoms with Gasteiger partial charge in [-0.2, -0.15) is 0 Å². The van der Waals surface area contributed by atoms with E-state index in [9.17, 15) is 0 Å². The van der Waals surface area contributed by atoms with Crippen molar-refractivity contribution in [3.8, 4) is 0 Å². The van der Waals surface area contributed by atoms with Gasteiger partial charge < -0.3 is 5.32 Å². The van der Waals surface area contributed by atoms with Gasteiger partial charge in [-0.15, -0.1) is 11.3 Å². The molecule has 17 heavy (non-hydrogen) atoms. The molecule has 90 valence electrons. The number of hydrogen-bond acceptors (Lipinski definition) is 2. The van der Waals surface area contributed by atoms with Crippen LogP contribution in [0.15, 0.2) is 35.7 Å². The third kappa shape index (κ3) is 3.23. The standard InChI is InChI=1S/C13H13Cl2NS/c1-16-13(8-10-3-2-6-17-10)9-4-5-11(14)12(15)7-9/h2-7,13,16H,8H2,1H3. The molecule has 0 saturated carbocycles. The Morgan fingerprint density at radius 3 is 2.65 bits per heavy atom. The highest BCUT2D eigenvalue weighted by atomic mass is 35.5. The first kappa shape index (κ1) is 12.9.